The maximum atomic E-state index is 12.6. The molecule has 5 nitrogen and oxygen atoms in total. The average molecular weight is 365 g/mol. The fourth-order valence-electron chi connectivity index (χ4n) is 4.22. The minimum Gasteiger partial charge on any atom is -0.376 e. The van der Waals surface area contributed by atoms with Crippen molar-refractivity contribution in [1.29, 1.82) is 0 Å². The number of amides is 1. The van der Waals surface area contributed by atoms with E-state index in [9.17, 15) is 4.79 Å². The number of aryl methyl sites for hydroxylation is 1. The number of benzene rings is 1. The van der Waals surface area contributed by atoms with Gasteiger partial charge >= 0.3 is 0 Å². The number of carbonyl (C=O) groups is 1. The van der Waals surface area contributed by atoms with Gasteiger partial charge in [0.15, 0.2) is 5.82 Å². The minimum absolute atomic E-state index is 0.211. The fourth-order valence-corrected chi connectivity index (χ4v) is 4.22. The molecule has 5 heteroatoms. The molecule has 0 N–H and O–H groups in total. The van der Waals surface area contributed by atoms with E-state index in [0.717, 1.165) is 41.3 Å². The third-order valence-electron chi connectivity index (χ3n) is 5.66. The highest BCUT2D eigenvalue weighted by molar-refractivity contribution is 5.77. The summed E-state index contributed by atoms with van der Waals surface area (Å²) in [6, 6.07) is 10.1. The third kappa shape index (κ3) is 3.36. The van der Waals surface area contributed by atoms with Gasteiger partial charge in [0.05, 0.1) is 24.3 Å². The van der Waals surface area contributed by atoms with Crippen molar-refractivity contribution in [3.05, 3.63) is 47.3 Å². The van der Waals surface area contributed by atoms with Crippen LogP contribution in [0.4, 0.5) is 0 Å². The summed E-state index contributed by atoms with van der Waals surface area (Å²) in [5.41, 5.74) is 3.97. The van der Waals surface area contributed by atoms with Gasteiger partial charge in [0.1, 0.15) is 0 Å². The van der Waals surface area contributed by atoms with Crippen molar-refractivity contribution >= 4 is 5.91 Å². The first-order valence-electron chi connectivity index (χ1n) is 9.77. The van der Waals surface area contributed by atoms with Gasteiger partial charge in [0.25, 0.3) is 0 Å². The Morgan fingerprint density at radius 1 is 1.26 bits per heavy atom. The Labute approximate surface area is 160 Å². The first-order valence-corrected chi connectivity index (χ1v) is 9.77. The topological polar surface area (TPSA) is 55.3 Å². The van der Waals surface area contributed by atoms with E-state index in [0.29, 0.717) is 32.1 Å². The van der Waals surface area contributed by atoms with Crippen molar-refractivity contribution in [2.24, 2.45) is 5.92 Å². The van der Waals surface area contributed by atoms with Crippen LogP contribution in [0.2, 0.25) is 0 Å². The number of ether oxygens (including phenoxy) is 1. The molecule has 0 saturated carbocycles. The zero-order valence-electron chi connectivity index (χ0n) is 16.4. The number of likely N-dealkylation sites (tertiary alicyclic amines) is 1. The predicted octanol–water partition coefficient (Wildman–Crippen LogP) is 3.50. The second kappa shape index (κ2) is 7.04. The molecule has 0 aliphatic carbocycles. The molecule has 0 bridgehead atoms. The number of fused-ring (bicyclic) bond motifs is 2. The van der Waals surface area contributed by atoms with Gasteiger partial charge in [0, 0.05) is 36.3 Å². The Kier molecular flexibility index (Phi) is 4.72. The van der Waals surface area contributed by atoms with Gasteiger partial charge in [-0.3, -0.25) is 4.79 Å². The quantitative estimate of drug-likeness (QED) is 0.835. The largest absolute Gasteiger partial charge is 0.376 e. The molecule has 27 heavy (non-hydrogen) atoms. The Hall–Kier alpha value is -2.27. The SMILES string of the molecule is Cc1nc(-c2ccccc2)nc2c1COC[C@@]21CCN(C(=O)CC(C)C)C1. The molecule has 1 aromatic carbocycles. The van der Waals surface area contributed by atoms with Gasteiger partial charge in [-0.05, 0) is 19.3 Å². The van der Waals surface area contributed by atoms with Crippen LogP contribution < -0.4 is 0 Å². The van der Waals surface area contributed by atoms with E-state index in [1.54, 1.807) is 0 Å². The number of nitrogens with zero attached hydrogens (tertiary/aromatic N) is 3. The van der Waals surface area contributed by atoms with Gasteiger partial charge in [-0.25, -0.2) is 9.97 Å². The van der Waals surface area contributed by atoms with Crippen LogP contribution in [0.1, 0.15) is 43.6 Å². The van der Waals surface area contributed by atoms with Crippen LogP contribution >= 0.6 is 0 Å². The van der Waals surface area contributed by atoms with Crippen molar-refractivity contribution in [1.82, 2.24) is 14.9 Å². The highest BCUT2D eigenvalue weighted by atomic mass is 16.5. The van der Waals surface area contributed by atoms with Crippen LogP contribution in [0.5, 0.6) is 0 Å². The average Bonchev–Trinajstić information content (AvgIpc) is 3.08. The number of rotatable bonds is 3. The number of hydrogen-bond donors (Lipinski definition) is 0. The normalized spacial score (nSPS) is 21.7. The molecule has 3 heterocycles. The molecule has 1 fully saturated rings. The summed E-state index contributed by atoms with van der Waals surface area (Å²) >= 11 is 0. The van der Waals surface area contributed by atoms with Crippen molar-refractivity contribution in [3.8, 4) is 11.4 Å². The van der Waals surface area contributed by atoms with Crippen LogP contribution in [0, 0.1) is 12.8 Å². The van der Waals surface area contributed by atoms with E-state index in [4.69, 9.17) is 14.7 Å². The van der Waals surface area contributed by atoms with Crippen molar-refractivity contribution < 1.29 is 9.53 Å². The van der Waals surface area contributed by atoms with Crippen LogP contribution in [0.15, 0.2) is 30.3 Å². The van der Waals surface area contributed by atoms with E-state index >= 15 is 0 Å². The lowest BCUT2D eigenvalue weighted by Gasteiger charge is -2.35. The highest BCUT2D eigenvalue weighted by Gasteiger charge is 2.46. The summed E-state index contributed by atoms with van der Waals surface area (Å²) < 4.78 is 5.95. The van der Waals surface area contributed by atoms with E-state index in [-0.39, 0.29) is 11.3 Å². The van der Waals surface area contributed by atoms with Gasteiger partial charge in [-0.2, -0.15) is 0 Å². The van der Waals surface area contributed by atoms with Crippen LogP contribution in [-0.4, -0.2) is 40.5 Å². The molecule has 1 spiro atoms. The maximum Gasteiger partial charge on any atom is 0.222 e. The summed E-state index contributed by atoms with van der Waals surface area (Å²) in [5.74, 6) is 1.38. The molecule has 142 valence electrons. The van der Waals surface area contributed by atoms with Crippen molar-refractivity contribution in [2.45, 2.75) is 45.6 Å². The smallest absolute Gasteiger partial charge is 0.222 e. The number of hydrogen-bond acceptors (Lipinski definition) is 4. The highest BCUT2D eigenvalue weighted by Crippen LogP contribution is 2.40. The lowest BCUT2D eigenvalue weighted by atomic mass is 9.80. The Bertz CT molecular complexity index is 850. The molecule has 0 radical (unpaired) electrons. The van der Waals surface area contributed by atoms with E-state index in [1.165, 1.54) is 0 Å². The molecule has 1 amide bonds. The maximum absolute atomic E-state index is 12.6. The lowest BCUT2D eigenvalue weighted by Crippen LogP contribution is -2.42. The lowest BCUT2D eigenvalue weighted by molar-refractivity contribution is -0.131. The summed E-state index contributed by atoms with van der Waals surface area (Å²) in [5, 5.41) is 0. The zero-order valence-corrected chi connectivity index (χ0v) is 16.4. The summed E-state index contributed by atoms with van der Waals surface area (Å²) in [6.45, 7) is 8.85. The Balaban J connectivity index is 1.71. The van der Waals surface area contributed by atoms with E-state index < -0.39 is 0 Å². The first-order chi connectivity index (χ1) is 13.0. The Morgan fingerprint density at radius 2 is 2.04 bits per heavy atom. The molecule has 1 aromatic heterocycles. The molecule has 4 rings (SSSR count). The molecule has 2 aromatic rings. The van der Waals surface area contributed by atoms with Gasteiger partial charge in [-0.15, -0.1) is 0 Å². The molecule has 2 aliphatic heterocycles. The summed E-state index contributed by atoms with van der Waals surface area (Å²) in [7, 11) is 0. The van der Waals surface area contributed by atoms with Crippen LogP contribution in [-0.2, 0) is 21.6 Å². The standard InChI is InChI=1S/C22H27N3O2/c1-15(2)11-19(26)25-10-9-22(13-25)14-27-12-18-16(3)23-21(24-20(18)22)17-7-5-4-6-8-17/h4-8,15H,9-14H2,1-3H3/t22-/m0/s1. The Morgan fingerprint density at radius 3 is 2.78 bits per heavy atom. The van der Waals surface area contributed by atoms with Crippen molar-refractivity contribution in [3.63, 3.8) is 0 Å². The zero-order chi connectivity index (χ0) is 19.0. The first kappa shape index (κ1) is 18.1. The molecule has 0 unspecified atom stereocenters. The number of carbonyl (C=O) groups excluding carboxylic acids is 1. The molecule has 2 aliphatic rings. The summed E-state index contributed by atoms with van der Waals surface area (Å²) in [6.07, 6.45) is 1.50. The van der Waals surface area contributed by atoms with E-state index in [2.05, 4.69) is 13.8 Å². The second-order valence-corrected chi connectivity index (χ2v) is 8.26. The summed E-state index contributed by atoms with van der Waals surface area (Å²) in [4.78, 5) is 24.3. The third-order valence-corrected chi connectivity index (χ3v) is 5.66. The molecule has 1 atom stereocenters. The van der Waals surface area contributed by atoms with Gasteiger partial charge < -0.3 is 9.64 Å². The molecular weight excluding hydrogens is 338 g/mol. The van der Waals surface area contributed by atoms with Crippen molar-refractivity contribution in [2.75, 3.05) is 19.7 Å². The molecule has 1 saturated heterocycles. The monoisotopic (exact) mass is 365 g/mol. The number of aromatic nitrogens is 2. The van der Waals surface area contributed by atoms with Crippen LogP contribution in [0.3, 0.4) is 0 Å². The minimum atomic E-state index is -0.211. The fraction of sp³-hybridized carbons (Fsp3) is 0.500. The predicted molar refractivity (Wildman–Crippen MR) is 104 cm³/mol. The van der Waals surface area contributed by atoms with Gasteiger partial charge in [0.2, 0.25) is 5.91 Å². The van der Waals surface area contributed by atoms with Gasteiger partial charge in [-0.1, -0.05) is 44.2 Å². The molecular formula is C22H27N3O2. The van der Waals surface area contributed by atoms with E-state index in [1.807, 2.05) is 42.2 Å². The second-order valence-electron chi connectivity index (χ2n) is 8.26. The van der Waals surface area contributed by atoms with Crippen LogP contribution in [0.25, 0.3) is 11.4 Å².